The fourth-order valence-electron chi connectivity index (χ4n) is 2.44. The Bertz CT molecular complexity index is 524. The summed E-state index contributed by atoms with van der Waals surface area (Å²) >= 11 is 0. The first-order valence-electron chi connectivity index (χ1n) is 5.88. The molecule has 1 fully saturated rings. The lowest BCUT2D eigenvalue weighted by Crippen LogP contribution is -2.44. The van der Waals surface area contributed by atoms with Gasteiger partial charge in [0.2, 0.25) is 0 Å². The molecule has 0 amide bonds. The maximum absolute atomic E-state index is 12.1. The number of allylic oxidation sites excluding steroid dienone is 1. The average molecular weight is 286 g/mol. The van der Waals surface area contributed by atoms with Crippen molar-refractivity contribution in [2.24, 2.45) is 0 Å². The normalized spacial score (nSPS) is 17.3. The molecular formula is C14H13F3O3. The van der Waals surface area contributed by atoms with Gasteiger partial charge in [-0.15, -0.1) is 13.2 Å². The molecule has 0 spiro atoms. The Morgan fingerprint density at radius 2 is 1.80 bits per heavy atom. The van der Waals surface area contributed by atoms with Crippen molar-refractivity contribution in [1.82, 2.24) is 0 Å². The fraction of sp³-hybridized carbons (Fsp3) is 0.357. The zero-order valence-corrected chi connectivity index (χ0v) is 10.8. The lowest BCUT2D eigenvalue weighted by atomic mass is 9.62. The minimum absolute atomic E-state index is 0.320. The molecule has 20 heavy (non-hydrogen) atoms. The first kappa shape index (κ1) is 14.4. The summed E-state index contributed by atoms with van der Waals surface area (Å²) in [5.41, 5.74) is 0.681. The topological polar surface area (TPSA) is 35.5 Å². The Morgan fingerprint density at radius 3 is 2.20 bits per heavy atom. The Morgan fingerprint density at radius 1 is 1.25 bits per heavy atom. The van der Waals surface area contributed by atoms with Crippen molar-refractivity contribution in [2.45, 2.75) is 24.6 Å². The number of hydrogen-bond donors (Lipinski definition) is 0. The van der Waals surface area contributed by atoms with E-state index < -0.39 is 17.7 Å². The van der Waals surface area contributed by atoms with Crippen LogP contribution in [0.1, 0.15) is 18.4 Å². The van der Waals surface area contributed by atoms with Crippen LogP contribution >= 0.6 is 0 Å². The van der Waals surface area contributed by atoms with E-state index in [0.29, 0.717) is 18.4 Å². The van der Waals surface area contributed by atoms with Gasteiger partial charge in [-0.1, -0.05) is 24.3 Å². The van der Waals surface area contributed by atoms with Gasteiger partial charge in [0.15, 0.2) is 0 Å². The number of ether oxygens (including phenoxy) is 2. The first-order chi connectivity index (χ1) is 9.27. The molecule has 0 saturated heterocycles. The number of hydrogen-bond acceptors (Lipinski definition) is 3. The van der Waals surface area contributed by atoms with Crippen LogP contribution in [0.25, 0.3) is 0 Å². The molecule has 0 heterocycles. The minimum Gasteiger partial charge on any atom is -0.468 e. The molecule has 0 bridgehead atoms. The van der Waals surface area contributed by atoms with E-state index >= 15 is 0 Å². The summed E-state index contributed by atoms with van der Waals surface area (Å²) in [6.07, 6.45) is -3.84. The Hall–Kier alpha value is -1.98. The van der Waals surface area contributed by atoms with Crippen molar-refractivity contribution in [3.63, 3.8) is 0 Å². The zero-order valence-electron chi connectivity index (χ0n) is 10.8. The molecular weight excluding hydrogens is 273 g/mol. The van der Waals surface area contributed by atoms with Crippen LogP contribution in [0.15, 0.2) is 36.4 Å². The zero-order chi connectivity index (χ0) is 15.0. The van der Waals surface area contributed by atoms with Gasteiger partial charge in [-0.3, -0.25) is 4.79 Å². The first-order valence-corrected chi connectivity index (χ1v) is 5.88. The van der Waals surface area contributed by atoms with Gasteiger partial charge in [0.25, 0.3) is 0 Å². The maximum atomic E-state index is 12.1. The van der Waals surface area contributed by atoms with Crippen molar-refractivity contribution in [1.29, 1.82) is 0 Å². The number of alkyl halides is 3. The molecule has 1 aliphatic carbocycles. The predicted octanol–water partition coefficient (Wildman–Crippen LogP) is 3.35. The number of carbonyl (C=O) groups is 1. The van der Waals surface area contributed by atoms with Crippen LogP contribution < -0.4 is 4.74 Å². The van der Waals surface area contributed by atoms with Crippen molar-refractivity contribution in [3.05, 3.63) is 42.0 Å². The lowest BCUT2D eigenvalue weighted by molar-refractivity contribution is -0.274. The van der Waals surface area contributed by atoms with Crippen LogP contribution in [0.2, 0.25) is 0 Å². The number of halogens is 3. The van der Waals surface area contributed by atoms with Gasteiger partial charge >= 0.3 is 12.3 Å². The maximum Gasteiger partial charge on any atom is 0.573 e. The molecule has 1 aromatic rings. The summed E-state index contributed by atoms with van der Waals surface area (Å²) in [7, 11) is 1.28. The highest BCUT2D eigenvalue weighted by atomic mass is 19.4. The van der Waals surface area contributed by atoms with E-state index in [1.807, 2.05) is 0 Å². The third-order valence-corrected chi connectivity index (χ3v) is 3.32. The highest BCUT2D eigenvalue weighted by Crippen LogP contribution is 2.47. The molecule has 108 valence electrons. The van der Waals surface area contributed by atoms with E-state index in [1.54, 1.807) is 0 Å². The highest BCUT2D eigenvalue weighted by molar-refractivity contribution is 5.86. The van der Waals surface area contributed by atoms with E-state index in [0.717, 1.165) is 5.57 Å². The summed E-state index contributed by atoms with van der Waals surface area (Å²) in [4.78, 5) is 11.9. The van der Waals surface area contributed by atoms with Crippen LogP contribution in [-0.4, -0.2) is 19.4 Å². The summed E-state index contributed by atoms with van der Waals surface area (Å²) < 4.78 is 44.8. The molecule has 0 aliphatic heterocycles. The standard InChI is InChI=1S/C14H13F3O3/c1-9-7-13(8-9,12(18)19-2)10-3-5-11(6-4-10)20-14(15,16)17/h3-6H,1,7-8H2,2H3. The molecule has 0 radical (unpaired) electrons. The third kappa shape index (κ3) is 2.64. The van der Waals surface area contributed by atoms with E-state index in [9.17, 15) is 18.0 Å². The molecule has 0 N–H and O–H groups in total. The summed E-state index contributed by atoms with van der Waals surface area (Å²) in [5.74, 6) is -0.728. The second-order valence-corrected chi connectivity index (χ2v) is 4.75. The van der Waals surface area contributed by atoms with Crippen LogP contribution in [0.4, 0.5) is 13.2 Å². The summed E-state index contributed by atoms with van der Waals surface area (Å²) in [6, 6.07) is 5.28. The third-order valence-electron chi connectivity index (χ3n) is 3.32. The monoisotopic (exact) mass is 286 g/mol. The Labute approximate surface area is 114 Å². The molecule has 1 aliphatic rings. The number of methoxy groups -OCH3 is 1. The van der Waals surface area contributed by atoms with Gasteiger partial charge in [0, 0.05) is 0 Å². The molecule has 0 atom stereocenters. The van der Waals surface area contributed by atoms with Gasteiger partial charge in [0.1, 0.15) is 11.2 Å². The molecule has 0 unspecified atom stereocenters. The van der Waals surface area contributed by atoms with Crippen molar-refractivity contribution in [2.75, 3.05) is 7.11 Å². The number of esters is 1. The van der Waals surface area contributed by atoms with Gasteiger partial charge in [0.05, 0.1) is 7.11 Å². The average Bonchev–Trinajstić information content (AvgIpc) is 2.33. The fourth-order valence-corrected chi connectivity index (χ4v) is 2.44. The molecule has 1 saturated carbocycles. The van der Waals surface area contributed by atoms with Crippen LogP contribution in [-0.2, 0) is 14.9 Å². The van der Waals surface area contributed by atoms with Crippen LogP contribution in [0, 0.1) is 0 Å². The van der Waals surface area contributed by atoms with Gasteiger partial charge in [-0.05, 0) is 30.5 Å². The van der Waals surface area contributed by atoms with E-state index in [2.05, 4.69) is 11.3 Å². The van der Waals surface area contributed by atoms with E-state index in [-0.39, 0.29) is 5.75 Å². The van der Waals surface area contributed by atoms with Crippen molar-refractivity contribution < 1.29 is 27.4 Å². The highest BCUT2D eigenvalue weighted by Gasteiger charge is 2.49. The molecule has 6 heteroatoms. The lowest BCUT2D eigenvalue weighted by Gasteiger charge is -2.41. The van der Waals surface area contributed by atoms with Gasteiger partial charge in [-0.25, -0.2) is 0 Å². The molecule has 2 rings (SSSR count). The van der Waals surface area contributed by atoms with Crippen LogP contribution in [0.3, 0.4) is 0 Å². The molecule has 1 aromatic carbocycles. The molecule has 3 nitrogen and oxygen atoms in total. The van der Waals surface area contributed by atoms with Gasteiger partial charge < -0.3 is 9.47 Å². The number of rotatable bonds is 3. The van der Waals surface area contributed by atoms with Crippen molar-refractivity contribution in [3.8, 4) is 5.75 Å². The Kier molecular flexibility index (Phi) is 3.50. The second-order valence-electron chi connectivity index (χ2n) is 4.75. The number of benzene rings is 1. The van der Waals surface area contributed by atoms with Crippen LogP contribution in [0.5, 0.6) is 5.75 Å². The summed E-state index contributed by atoms with van der Waals surface area (Å²) in [6.45, 7) is 3.78. The predicted molar refractivity (Wildman–Crippen MR) is 65.2 cm³/mol. The smallest absolute Gasteiger partial charge is 0.468 e. The Balaban J connectivity index is 2.24. The SMILES string of the molecule is C=C1CC(C(=O)OC)(c2ccc(OC(F)(F)F)cc2)C1. The largest absolute Gasteiger partial charge is 0.573 e. The number of carbonyl (C=O) groups excluding carboxylic acids is 1. The van der Waals surface area contributed by atoms with Gasteiger partial charge in [-0.2, -0.15) is 0 Å². The quantitative estimate of drug-likeness (QED) is 0.631. The second kappa shape index (κ2) is 4.85. The minimum atomic E-state index is -4.73. The molecule has 0 aromatic heterocycles. The van der Waals surface area contributed by atoms with E-state index in [4.69, 9.17) is 4.74 Å². The van der Waals surface area contributed by atoms with E-state index in [1.165, 1.54) is 31.4 Å². The van der Waals surface area contributed by atoms with Crippen molar-refractivity contribution >= 4 is 5.97 Å². The summed E-state index contributed by atoms with van der Waals surface area (Å²) in [5, 5.41) is 0.